The number of nitrogens with zero attached hydrogens (tertiary/aromatic N) is 4. The van der Waals surface area contributed by atoms with Gasteiger partial charge in [-0.25, -0.2) is 4.98 Å². The van der Waals surface area contributed by atoms with Gasteiger partial charge in [0.25, 0.3) is 0 Å². The van der Waals surface area contributed by atoms with Crippen molar-refractivity contribution in [1.29, 1.82) is 0 Å². The Kier molecular flexibility index (Phi) is 5.23. The largest absolute Gasteiger partial charge is 0.353 e. The molecule has 0 aromatic carbocycles. The summed E-state index contributed by atoms with van der Waals surface area (Å²) in [5, 5.41) is 0.596. The van der Waals surface area contributed by atoms with Crippen molar-refractivity contribution in [3.8, 4) is 11.3 Å². The number of hydrogen-bond acceptors (Lipinski definition) is 4. The molecule has 1 fully saturated rings. The molecule has 0 saturated carbocycles. The Morgan fingerprint density at radius 3 is 2.56 bits per heavy atom. The quantitative estimate of drug-likeness (QED) is 0.843. The number of rotatable bonds is 3. The Balaban J connectivity index is 1.80. The van der Waals surface area contributed by atoms with E-state index in [4.69, 9.17) is 11.6 Å². The Labute approximate surface area is 153 Å². The molecule has 1 aliphatic heterocycles. The van der Waals surface area contributed by atoms with Gasteiger partial charge in [-0.2, -0.15) is 0 Å². The first-order chi connectivity index (χ1) is 12.0. The lowest BCUT2D eigenvalue weighted by Gasteiger charge is -2.36. The zero-order valence-corrected chi connectivity index (χ0v) is 15.6. The lowest BCUT2D eigenvalue weighted by molar-refractivity contribution is -0.134. The molecule has 0 spiro atoms. The van der Waals surface area contributed by atoms with Gasteiger partial charge in [0, 0.05) is 50.1 Å². The van der Waals surface area contributed by atoms with Crippen LogP contribution in [0.15, 0.2) is 30.6 Å². The van der Waals surface area contributed by atoms with E-state index in [2.05, 4.69) is 14.9 Å². The van der Waals surface area contributed by atoms with Gasteiger partial charge in [0.05, 0.1) is 10.7 Å². The number of carbonyl (C=O) groups excluding carboxylic acids is 1. The summed E-state index contributed by atoms with van der Waals surface area (Å²) in [5.41, 5.74) is 2.85. The standard InChI is InChI=1S/C19H23ClN4O/c1-13(2)19(25)24-9-7-23(8-10-24)17-11-15(16(20)12-22-17)18-14(3)5-4-6-21-18/h4-6,11-13H,7-10H2,1-3H3. The van der Waals surface area contributed by atoms with Crippen molar-refractivity contribution in [2.75, 3.05) is 31.1 Å². The fraction of sp³-hybridized carbons (Fsp3) is 0.421. The Hall–Kier alpha value is -2.14. The molecule has 0 atom stereocenters. The minimum Gasteiger partial charge on any atom is -0.353 e. The van der Waals surface area contributed by atoms with Gasteiger partial charge >= 0.3 is 0 Å². The normalized spacial score (nSPS) is 14.9. The van der Waals surface area contributed by atoms with Crippen LogP contribution in [-0.4, -0.2) is 47.0 Å². The van der Waals surface area contributed by atoms with E-state index in [1.807, 2.05) is 43.9 Å². The smallest absolute Gasteiger partial charge is 0.225 e. The number of aromatic nitrogens is 2. The molecule has 0 aliphatic carbocycles. The molecule has 0 bridgehead atoms. The van der Waals surface area contributed by atoms with E-state index in [-0.39, 0.29) is 11.8 Å². The molecule has 0 N–H and O–H groups in total. The third-order valence-corrected chi connectivity index (χ3v) is 4.82. The second kappa shape index (κ2) is 7.40. The van der Waals surface area contributed by atoms with Gasteiger partial charge in [0.15, 0.2) is 0 Å². The molecule has 2 aromatic heterocycles. The molecule has 132 valence electrons. The number of piperazine rings is 1. The van der Waals surface area contributed by atoms with Crippen LogP contribution >= 0.6 is 11.6 Å². The zero-order chi connectivity index (χ0) is 18.0. The second-order valence-electron chi connectivity index (χ2n) is 6.66. The van der Waals surface area contributed by atoms with Crippen LogP contribution in [0.1, 0.15) is 19.4 Å². The van der Waals surface area contributed by atoms with Crippen molar-refractivity contribution < 1.29 is 4.79 Å². The Morgan fingerprint density at radius 2 is 1.92 bits per heavy atom. The number of carbonyl (C=O) groups is 1. The number of anilines is 1. The molecular formula is C19H23ClN4O. The van der Waals surface area contributed by atoms with Gasteiger partial charge in [-0.05, 0) is 24.6 Å². The van der Waals surface area contributed by atoms with E-state index in [1.54, 1.807) is 12.4 Å². The summed E-state index contributed by atoms with van der Waals surface area (Å²) in [5.74, 6) is 1.13. The third kappa shape index (κ3) is 3.76. The molecule has 2 aromatic rings. The van der Waals surface area contributed by atoms with Crippen molar-refractivity contribution >= 4 is 23.3 Å². The average Bonchev–Trinajstić information content (AvgIpc) is 2.62. The molecular weight excluding hydrogens is 336 g/mol. The third-order valence-electron chi connectivity index (χ3n) is 4.51. The maximum absolute atomic E-state index is 12.1. The van der Waals surface area contributed by atoms with Crippen molar-refractivity contribution in [2.45, 2.75) is 20.8 Å². The molecule has 1 amide bonds. The SMILES string of the molecule is Cc1cccnc1-c1cc(N2CCN(C(=O)C(C)C)CC2)ncc1Cl. The fourth-order valence-electron chi connectivity index (χ4n) is 3.07. The predicted molar refractivity (Wildman–Crippen MR) is 101 cm³/mol. The van der Waals surface area contributed by atoms with Crippen LogP contribution in [0.2, 0.25) is 5.02 Å². The summed E-state index contributed by atoms with van der Waals surface area (Å²) in [6.45, 7) is 8.89. The minimum absolute atomic E-state index is 0.0407. The lowest BCUT2D eigenvalue weighted by atomic mass is 10.1. The average molecular weight is 359 g/mol. The van der Waals surface area contributed by atoms with E-state index < -0.39 is 0 Å². The van der Waals surface area contributed by atoms with Crippen LogP contribution in [0.4, 0.5) is 5.82 Å². The molecule has 1 saturated heterocycles. The first-order valence-electron chi connectivity index (χ1n) is 8.58. The van der Waals surface area contributed by atoms with Crippen LogP contribution in [0.3, 0.4) is 0 Å². The molecule has 25 heavy (non-hydrogen) atoms. The molecule has 6 heteroatoms. The predicted octanol–water partition coefficient (Wildman–Crippen LogP) is 3.41. The molecule has 5 nitrogen and oxygen atoms in total. The van der Waals surface area contributed by atoms with Gasteiger partial charge in [-0.3, -0.25) is 9.78 Å². The summed E-state index contributed by atoms with van der Waals surface area (Å²) in [4.78, 5) is 25.2. The van der Waals surface area contributed by atoms with Crippen LogP contribution in [-0.2, 0) is 4.79 Å². The highest BCUT2D eigenvalue weighted by molar-refractivity contribution is 6.33. The monoisotopic (exact) mass is 358 g/mol. The van der Waals surface area contributed by atoms with E-state index in [0.29, 0.717) is 5.02 Å². The zero-order valence-electron chi connectivity index (χ0n) is 14.9. The minimum atomic E-state index is 0.0407. The highest BCUT2D eigenvalue weighted by Crippen LogP contribution is 2.31. The number of hydrogen-bond donors (Lipinski definition) is 0. The Bertz CT molecular complexity index is 770. The van der Waals surface area contributed by atoms with Crippen LogP contribution in [0.25, 0.3) is 11.3 Å². The number of halogens is 1. The lowest BCUT2D eigenvalue weighted by Crippen LogP contribution is -2.50. The van der Waals surface area contributed by atoms with Gasteiger partial charge in [-0.1, -0.05) is 31.5 Å². The molecule has 3 rings (SSSR count). The molecule has 0 radical (unpaired) electrons. The number of pyridine rings is 2. The summed E-state index contributed by atoms with van der Waals surface area (Å²) in [6.07, 6.45) is 3.46. The highest BCUT2D eigenvalue weighted by atomic mass is 35.5. The maximum Gasteiger partial charge on any atom is 0.225 e. The summed E-state index contributed by atoms with van der Waals surface area (Å²) in [6, 6.07) is 5.94. The van der Waals surface area contributed by atoms with E-state index in [1.165, 1.54) is 0 Å². The van der Waals surface area contributed by atoms with E-state index >= 15 is 0 Å². The number of aryl methyl sites for hydroxylation is 1. The Morgan fingerprint density at radius 1 is 1.20 bits per heavy atom. The van der Waals surface area contributed by atoms with Crippen molar-refractivity contribution in [2.24, 2.45) is 5.92 Å². The summed E-state index contributed by atoms with van der Waals surface area (Å²) in [7, 11) is 0. The highest BCUT2D eigenvalue weighted by Gasteiger charge is 2.24. The maximum atomic E-state index is 12.1. The van der Waals surface area contributed by atoms with Crippen LogP contribution in [0, 0.1) is 12.8 Å². The first-order valence-corrected chi connectivity index (χ1v) is 8.96. The summed E-state index contributed by atoms with van der Waals surface area (Å²) >= 11 is 6.37. The second-order valence-corrected chi connectivity index (χ2v) is 7.07. The topological polar surface area (TPSA) is 49.3 Å². The van der Waals surface area contributed by atoms with E-state index in [0.717, 1.165) is 48.8 Å². The van der Waals surface area contributed by atoms with Gasteiger partial charge in [0.1, 0.15) is 5.82 Å². The van der Waals surface area contributed by atoms with Crippen molar-refractivity contribution in [3.05, 3.63) is 41.2 Å². The first kappa shape index (κ1) is 17.7. The summed E-state index contributed by atoms with van der Waals surface area (Å²) < 4.78 is 0. The van der Waals surface area contributed by atoms with Crippen LogP contribution in [0.5, 0.6) is 0 Å². The fourth-order valence-corrected chi connectivity index (χ4v) is 3.26. The molecule has 0 unspecified atom stereocenters. The number of amides is 1. The van der Waals surface area contributed by atoms with Gasteiger partial charge in [-0.15, -0.1) is 0 Å². The van der Waals surface area contributed by atoms with Gasteiger partial charge < -0.3 is 9.80 Å². The van der Waals surface area contributed by atoms with Crippen LogP contribution < -0.4 is 4.90 Å². The molecule has 1 aliphatic rings. The molecule has 3 heterocycles. The van der Waals surface area contributed by atoms with Crippen molar-refractivity contribution in [3.63, 3.8) is 0 Å². The van der Waals surface area contributed by atoms with Gasteiger partial charge in [0.2, 0.25) is 5.91 Å². The van der Waals surface area contributed by atoms with Crippen molar-refractivity contribution in [1.82, 2.24) is 14.9 Å². The van der Waals surface area contributed by atoms with E-state index in [9.17, 15) is 4.79 Å².